The Bertz CT molecular complexity index is 27.2. The van der Waals surface area contributed by atoms with Gasteiger partial charge in [-0.1, -0.05) is 0 Å². The zero-order valence-corrected chi connectivity index (χ0v) is 7.89. The molecular formula is H4FeNiO4W. The average molecular weight is 366 g/mol. The first-order chi connectivity index (χ1) is 2.00. The van der Waals surface area contributed by atoms with E-state index in [1.165, 1.54) is 0 Å². The van der Waals surface area contributed by atoms with Crippen LogP contribution in [0.5, 0.6) is 0 Å². The van der Waals surface area contributed by atoms with Gasteiger partial charge in [0.1, 0.15) is 0 Å². The summed E-state index contributed by atoms with van der Waals surface area (Å²) in [6, 6.07) is 0. The molecule has 0 aliphatic carbocycles. The molecule has 0 heterocycles. The van der Waals surface area contributed by atoms with Gasteiger partial charge in [0.2, 0.25) is 0 Å². The Hall–Kier alpha value is 1.54. The van der Waals surface area contributed by atoms with Gasteiger partial charge in [0, 0.05) is 33.6 Å². The predicted molar refractivity (Wildman–Crippen MR) is 8.88 cm³/mol. The fourth-order valence-corrected chi connectivity index (χ4v) is 0. The molecule has 0 aromatic rings. The zero-order valence-electron chi connectivity index (χ0n) is 2.87. The summed E-state index contributed by atoms with van der Waals surface area (Å²) in [5, 5.41) is 0. The van der Waals surface area contributed by atoms with Crippen LogP contribution >= 0.6 is 0 Å². The maximum absolute atomic E-state index is 7.40. The Morgan fingerprint density at radius 3 is 0.857 bits per heavy atom. The summed E-state index contributed by atoms with van der Waals surface area (Å²) >= 11 is -5.17. The molecule has 0 aromatic carbocycles. The van der Waals surface area contributed by atoms with Crippen molar-refractivity contribution in [1.82, 2.24) is 0 Å². The fourth-order valence-electron chi connectivity index (χ4n) is 0. The molecule has 0 fully saturated rings. The van der Waals surface area contributed by atoms with Crippen molar-refractivity contribution in [2.45, 2.75) is 0 Å². The Morgan fingerprint density at radius 2 is 0.857 bits per heavy atom. The van der Waals surface area contributed by atoms with Gasteiger partial charge < -0.3 is 0 Å². The number of hydrogen-bond acceptors (Lipinski definition) is 4. The van der Waals surface area contributed by atoms with Crippen molar-refractivity contribution < 1.29 is 66.2 Å². The average Bonchev–Trinajstić information content (AvgIpc) is 0.722. The summed E-state index contributed by atoms with van der Waals surface area (Å²) in [6.07, 6.45) is 0. The van der Waals surface area contributed by atoms with Crippen molar-refractivity contribution in [2.24, 2.45) is 0 Å². The van der Waals surface area contributed by atoms with Crippen LogP contribution in [0.4, 0.5) is 0 Å². The van der Waals surface area contributed by atoms with E-state index in [9.17, 15) is 0 Å². The van der Waals surface area contributed by atoms with E-state index in [0.29, 0.717) is 0 Å². The fraction of sp³-hybridized carbons (Fsp3) is 0. The topological polar surface area (TPSA) is 80.9 Å². The third kappa shape index (κ3) is 97.5. The molecule has 0 aliphatic rings. The van der Waals surface area contributed by atoms with E-state index in [1.54, 1.807) is 0 Å². The van der Waals surface area contributed by atoms with Crippen molar-refractivity contribution >= 4 is 0 Å². The van der Waals surface area contributed by atoms with Gasteiger partial charge >= 0.3 is 32.6 Å². The van der Waals surface area contributed by atoms with Crippen molar-refractivity contribution in [2.75, 3.05) is 0 Å². The molecule has 0 amide bonds. The van der Waals surface area contributed by atoms with Gasteiger partial charge in [-0.3, -0.25) is 0 Å². The Kier molecular flexibility index (Phi) is 12.8. The third-order valence-electron chi connectivity index (χ3n) is 0. The van der Waals surface area contributed by atoms with Crippen molar-refractivity contribution in [3.05, 3.63) is 0 Å². The van der Waals surface area contributed by atoms with E-state index < -0.39 is 17.6 Å². The molecule has 0 saturated carbocycles. The van der Waals surface area contributed by atoms with E-state index in [1.807, 2.05) is 0 Å². The summed E-state index contributed by atoms with van der Waals surface area (Å²) < 4.78 is 29.6. The molecule has 0 bridgehead atoms. The Labute approximate surface area is 66.0 Å². The van der Waals surface area contributed by atoms with Gasteiger partial charge in [0.05, 0.1) is 0 Å². The van der Waals surface area contributed by atoms with Gasteiger partial charge in [0.15, 0.2) is 0 Å². The molecule has 0 spiro atoms. The molecule has 4 nitrogen and oxygen atoms in total. The van der Waals surface area contributed by atoms with Crippen LogP contribution in [-0.4, -0.2) is 15.0 Å². The van der Waals surface area contributed by atoms with Gasteiger partial charge in [-0.25, -0.2) is 0 Å². The molecule has 52 valence electrons. The molecule has 0 rings (SSSR count). The van der Waals surface area contributed by atoms with E-state index in [-0.39, 0.29) is 33.6 Å². The Balaban J connectivity index is -0.0000000800. The quantitative estimate of drug-likeness (QED) is 0.366. The molecule has 0 radical (unpaired) electrons. The van der Waals surface area contributed by atoms with Crippen molar-refractivity contribution in [3.8, 4) is 0 Å². The second-order valence-corrected chi connectivity index (χ2v) is 4.01. The normalized spacial score (nSPS) is 10.9. The molecule has 0 atom stereocenters. The zero-order chi connectivity index (χ0) is 4.50. The third-order valence-corrected chi connectivity index (χ3v) is 0. The molecule has 7 heavy (non-hydrogen) atoms. The molecule has 0 aromatic heterocycles. The van der Waals surface area contributed by atoms with Crippen LogP contribution in [0, 0.1) is 0 Å². The molecule has 0 saturated heterocycles. The first-order valence-corrected chi connectivity index (χ1v) is 5.98. The van der Waals surface area contributed by atoms with Crippen molar-refractivity contribution in [3.63, 3.8) is 0 Å². The second-order valence-electron chi connectivity index (χ2n) is 0.490. The van der Waals surface area contributed by atoms with E-state index in [4.69, 9.17) is 15.0 Å². The summed E-state index contributed by atoms with van der Waals surface area (Å²) in [4.78, 5) is 0. The molecule has 0 unspecified atom stereocenters. The van der Waals surface area contributed by atoms with Crippen LogP contribution in [0.3, 0.4) is 0 Å². The number of rotatable bonds is 0. The van der Waals surface area contributed by atoms with Crippen LogP contribution in [0.15, 0.2) is 0 Å². The van der Waals surface area contributed by atoms with Crippen LogP contribution in [0.1, 0.15) is 0 Å². The first-order valence-electron chi connectivity index (χ1n) is 0.730. The Morgan fingerprint density at radius 1 is 0.857 bits per heavy atom. The van der Waals surface area contributed by atoms with E-state index in [2.05, 4.69) is 0 Å². The van der Waals surface area contributed by atoms with Crippen molar-refractivity contribution in [1.29, 1.82) is 0 Å². The molecule has 7 heteroatoms. The monoisotopic (exact) mass is 366 g/mol. The summed E-state index contributed by atoms with van der Waals surface area (Å²) in [5.74, 6) is 0. The SMILES string of the molecule is [Fe].[Ni].[OH][W]([OH])([OH])[OH]. The first kappa shape index (κ1) is 15.8. The van der Waals surface area contributed by atoms with Crippen LogP contribution < -0.4 is 0 Å². The standard InChI is InChI=1S/Fe.Ni.4H2O.W/h;;4*1H2;/q;;;;;;+4/p-4. The molecule has 4 N–H and O–H groups in total. The van der Waals surface area contributed by atoms with Crippen LogP contribution in [0.2, 0.25) is 0 Å². The minimum absolute atomic E-state index is 0. The maximum atomic E-state index is 7.40. The van der Waals surface area contributed by atoms with Gasteiger partial charge in [0.25, 0.3) is 0 Å². The van der Waals surface area contributed by atoms with Crippen LogP contribution in [-0.2, 0) is 51.1 Å². The van der Waals surface area contributed by atoms with E-state index >= 15 is 0 Å². The van der Waals surface area contributed by atoms with Gasteiger partial charge in [-0.2, -0.15) is 0 Å². The van der Waals surface area contributed by atoms with E-state index in [0.717, 1.165) is 0 Å². The van der Waals surface area contributed by atoms with Gasteiger partial charge in [-0.05, 0) is 0 Å². The minimum atomic E-state index is -5.17. The summed E-state index contributed by atoms with van der Waals surface area (Å²) in [7, 11) is 0. The molecule has 0 aliphatic heterocycles. The number of hydrogen-bond donors (Lipinski definition) is 4. The van der Waals surface area contributed by atoms with Gasteiger partial charge in [-0.15, -0.1) is 0 Å². The summed E-state index contributed by atoms with van der Waals surface area (Å²) in [5.41, 5.74) is 0. The van der Waals surface area contributed by atoms with Crippen LogP contribution in [0.25, 0.3) is 0 Å². The molecular weight excluding hydrogens is 362 g/mol. The summed E-state index contributed by atoms with van der Waals surface area (Å²) in [6.45, 7) is 0. The predicted octanol–water partition coefficient (Wildman–Crippen LogP) is -2.24. The second kappa shape index (κ2) is 5.67.